The first-order valence-electron chi connectivity index (χ1n) is 9.98. The summed E-state index contributed by atoms with van der Waals surface area (Å²) < 4.78 is 52.9. The molecule has 1 heterocycles. The average molecular weight is 433 g/mol. The standard InChI is InChI=1S/C23H22F3NO4/c1-12(17-8-20(24)18(9-21(17)30-2)14-6-16(28)7-14)27-22(29)13-3-4-19-15(5-13)10-31-11-23(19,25)26/h3-5,8-9,12,14H,6-7,10-11H2,1-2H3,(H,27,29)/t12-/m0/s1. The number of carbonyl (C=O) groups is 2. The Morgan fingerprint density at radius 1 is 1.26 bits per heavy atom. The molecule has 0 radical (unpaired) electrons. The molecule has 164 valence electrons. The number of nitrogens with one attached hydrogen (secondary N) is 1. The van der Waals surface area contributed by atoms with E-state index in [9.17, 15) is 22.8 Å². The molecule has 2 aromatic rings. The fourth-order valence-electron chi connectivity index (χ4n) is 4.06. The van der Waals surface area contributed by atoms with Gasteiger partial charge in [0.2, 0.25) is 0 Å². The number of ether oxygens (including phenoxy) is 2. The average Bonchev–Trinajstić information content (AvgIpc) is 2.71. The van der Waals surface area contributed by atoms with Gasteiger partial charge in [0.15, 0.2) is 0 Å². The van der Waals surface area contributed by atoms with Gasteiger partial charge in [0.1, 0.15) is 24.0 Å². The van der Waals surface area contributed by atoms with E-state index in [-0.39, 0.29) is 35.0 Å². The number of carbonyl (C=O) groups excluding carboxylic acids is 2. The molecule has 1 aliphatic carbocycles. The predicted octanol–water partition coefficient (Wildman–Crippen LogP) is 4.39. The highest BCUT2D eigenvalue weighted by Gasteiger charge is 2.38. The fourth-order valence-corrected chi connectivity index (χ4v) is 4.06. The summed E-state index contributed by atoms with van der Waals surface area (Å²) in [7, 11) is 1.45. The second-order valence-electron chi connectivity index (χ2n) is 8.02. The maximum Gasteiger partial charge on any atom is 0.296 e. The summed E-state index contributed by atoms with van der Waals surface area (Å²) in [5.41, 5.74) is 1.19. The molecule has 2 aliphatic rings. The van der Waals surface area contributed by atoms with Crippen molar-refractivity contribution in [1.29, 1.82) is 0 Å². The molecule has 31 heavy (non-hydrogen) atoms. The van der Waals surface area contributed by atoms with Gasteiger partial charge in [-0.15, -0.1) is 0 Å². The summed E-state index contributed by atoms with van der Waals surface area (Å²) in [5.74, 6) is -3.68. The maximum absolute atomic E-state index is 14.7. The van der Waals surface area contributed by atoms with Crippen LogP contribution in [0.2, 0.25) is 0 Å². The summed E-state index contributed by atoms with van der Waals surface area (Å²) in [5, 5.41) is 2.76. The first-order chi connectivity index (χ1) is 14.7. The van der Waals surface area contributed by atoms with Gasteiger partial charge in [-0.3, -0.25) is 9.59 Å². The third-order valence-corrected chi connectivity index (χ3v) is 5.85. The summed E-state index contributed by atoms with van der Waals surface area (Å²) in [6.45, 7) is 1.00. The second-order valence-corrected chi connectivity index (χ2v) is 8.02. The summed E-state index contributed by atoms with van der Waals surface area (Å²) in [4.78, 5) is 24.0. The van der Waals surface area contributed by atoms with Crippen LogP contribution in [0.25, 0.3) is 0 Å². The third-order valence-electron chi connectivity index (χ3n) is 5.85. The number of alkyl halides is 2. The quantitative estimate of drug-likeness (QED) is 0.760. The monoisotopic (exact) mass is 433 g/mol. The molecule has 4 rings (SSSR count). The lowest BCUT2D eigenvalue weighted by Crippen LogP contribution is -2.30. The number of benzene rings is 2. The van der Waals surface area contributed by atoms with Crippen LogP contribution in [0.1, 0.15) is 64.3 Å². The molecule has 0 aromatic heterocycles. The first kappa shape index (κ1) is 21.4. The van der Waals surface area contributed by atoms with Gasteiger partial charge in [0, 0.05) is 35.4 Å². The molecule has 1 fully saturated rings. The van der Waals surface area contributed by atoms with Crippen LogP contribution in [0.3, 0.4) is 0 Å². The topological polar surface area (TPSA) is 64.6 Å². The van der Waals surface area contributed by atoms with Crippen LogP contribution < -0.4 is 10.1 Å². The minimum absolute atomic E-state index is 0.00572. The minimum Gasteiger partial charge on any atom is -0.496 e. The van der Waals surface area contributed by atoms with Crippen molar-refractivity contribution in [3.8, 4) is 5.75 Å². The van der Waals surface area contributed by atoms with Gasteiger partial charge in [0.05, 0.1) is 19.8 Å². The van der Waals surface area contributed by atoms with Crippen LogP contribution in [-0.2, 0) is 22.1 Å². The van der Waals surface area contributed by atoms with E-state index in [1.807, 2.05) is 0 Å². The lowest BCUT2D eigenvalue weighted by molar-refractivity contribution is -0.124. The van der Waals surface area contributed by atoms with Crippen molar-refractivity contribution in [2.45, 2.75) is 44.3 Å². The number of amides is 1. The normalized spacial score (nSPS) is 18.7. The number of rotatable bonds is 5. The highest BCUT2D eigenvalue weighted by atomic mass is 19.3. The van der Waals surface area contributed by atoms with E-state index in [1.54, 1.807) is 13.0 Å². The molecular weight excluding hydrogens is 411 g/mol. The molecule has 5 nitrogen and oxygen atoms in total. The number of ketones is 1. The van der Waals surface area contributed by atoms with Crippen LogP contribution in [0, 0.1) is 5.82 Å². The van der Waals surface area contributed by atoms with Crippen LogP contribution >= 0.6 is 0 Å². The number of Topliss-reactive ketones (excluding diaryl/α,β-unsaturated/α-hetero) is 1. The van der Waals surface area contributed by atoms with Crippen molar-refractivity contribution in [2.24, 2.45) is 0 Å². The van der Waals surface area contributed by atoms with Crippen molar-refractivity contribution >= 4 is 11.7 Å². The van der Waals surface area contributed by atoms with Crippen LogP contribution in [0.15, 0.2) is 30.3 Å². The van der Waals surface area contributed by atoms with Crippen LogP contribution in [-0.4, -0.2) is 25.4 Å². The van der Waals surface area contributed by atoms with E-state index in [4.69, 9.17) is 9.47 Å². The first-order valence-corrected chi connectivity index (χ1v) is 9.98. The van der Waals surface area contributed by atoms with Gasteiger partial charge in [-0.2, -0.15) is 8.78 Å². The van der Waals surface area contributed by atoms with Crippen molar-refractivity contribution in [2.75, 3.05) is 13.7 Å². The van der Waals surface area contributed by atoms with Crippen molar-refractivity contribution < 1.29 is 32.2 Å². The third kappa shape index (κ3) is 4.04. The molecule has 1 saturated carbocycles. The zero-order valence-electron chi connectivity index (χ0n) is 17.1. The minimum atomic E-state index is -3.09. The van der Waals surface area contributed by atoms with E-state index < -0.39 is 30.3 Å². The largest absolute Gasteiger partial charge is 0.496 e. The Morgan fingerprint density at radius 2 is 2.00 bits per heavy atom. The van der Waals surface area contributed by atoms with Crippen molar-refractivity contribution in [3.63, 3.8) is 0 Å². The molecular formula is C23H22F3NO4. The number of hydrogen-bond donors (Lipinski definition) is 1. The lowest BCUT2D eigenvalue weighted by Gasteiger charge is -2.27. The number of hydrogen-bond acceptors (Lipinski definition) is 4. The zero-order valence-corrected chi connectivity index (χ0v) is 17.1. The Hall–Kier alpha value is -2.87. The van der Waals surface area contributed by atoms with Gasteiger partial charge in [-0.05, 0) is 42.3 Å². The molecule has 0 bridgehead atoms. The van der Waals surface area contributed by atoms with Gasteiger partial charge in [-0.25, -0.2) is 4.39 Å². The van der Waals surface area contributed by atoms with E-state index in [1.165, 1.54) is 31.4 Å². The Kier molecular flexibility index (Phi) is 5.51. The molecule has 1 atom stereocenters. The van der Waals surface area contributed by atoms with Crippen LogP contribution in [0.5, 0.6) is 5.75 Å². The molecule has 2 aromatic carbocycles. The SMILES string of the molecule is COc1cc(C2CC(=O)C2)c(F)cc1[C@H](C)NC(=O)c1ccc2c(c1)COCC2(F)F. The number of fused-ring (bicyclic) bond motifs is 1. The van der Waals surface area contributed by atoms with E-state index >= 15 is 0 Å². The Labute approximate surface area is 177 Å². The highest BCUT2D eigenvalue weighted by Crippen LogP contribution is 2.39. The molecule has 1 N–H and O–H groups in total. The van der Waals surface area contributed by atoms with E-state index in [2.05, 4.69) is 5.32 Å². The molecule has 0 saturated heterocycles. The molecule has 8 heteroatoms. The van der Waals surface area contributed by atoms with Crippen molar-refractivity contribution in [1.82, 2.24) is 5.32 Å². The Morgan fingerprint density at radius 3 is 2.68 bits per heavy atom. The molecule has 0 unspecified atom stereocenters. The molecule has 1 amide bonds. The molecule has 1 aliphatic heterocycles. The maximum atomic E-state index is 14.7. The van der Waals surface area contributed by atoms with Gasteiger partial charge in [0.25, 0.3) is 11.8 Å². The number of methoxy groups -OCH3 is 1. The Bertz CT molecular complexity index is 1050. The fraction of sp³-hybridized carbons (Fsp3) is 0.391. The van der Waals surface area contributed by atoms with Gasteiger partial charge >= 0.3 is 0 Å². The van der Waals surface area contributed by atoms with E-state index in [0.717, 1.165) is 0 Å². The van der Waals surface area contributed by atoms with Crippen molar-refractivity contribution in [3.05, 3.63) is 64.0 Å². The van der Waals surface area contributed by atoms with Crippen LogP contribution in [0.4, 0.5) is 13.2 Å². The second kappa shape index (κ2) is 8.00. The smallest absolute Gasteiger partial charge is 0.296 e. The molecule has 0 spiro atoms. The lowest BCUT2D eigenvalue weighted by atomic mass is 9.78. The zero-order chi connectivity index (χ0) is 22.3. The van der Waals surface area contributed by atoms with E-state index in [0.29, 0.717) is 29.7 Å². The Balaban J connectivity index is 1.54. The number of halogens is 3. The summed E-state index contributed by atoms with van der Waals surface area (Å²) in [6.07, 6.45) is 0.625. The summed E-state index contributed by atoms with van der Waals surface area (Å²) >= 11 is 0. The predicted molar refractivity (Wildman–Crippen MR) is 106 cm³/mol. The highest BCUT2D eigenvalue weighted by molar-refractivity contribution is 5.94. The summed E-state index contributed by atoms with van der Waals surface area (Å²) in [6, 6.07) is 6.24. The van der Waals surface area contributed by atoms with Gasteiger partial charge in [-0.1, -0.05) is 6.07 Å². The van der Waals surface area contributed by atoms with Gasteiger partial charge < -0.3 is 14.8 Å².